The first-order valence-corrected chi connectivity index (χ1v) is 4.63. The third-order valence-electron chi connectivity index (χ3n) is 1.96. The van der Waals surface area contributed by atoms with E-state index in [1.807, 2.05) is 5.32 Å². The Morgan fingerprint density at radius 3 is 2.61 bits per heavy atom. The Bertz CT molecular complexity index is 426. The first kappa shape index (κ1) is 16.9. The van der Waals surface area contributed by atoms with Crippen molar-refractivity contribution in [1.82, 2.24) is 10.3 Å². The Morgan fingerprint density at radius 2 is 2.11 bits per heavy atom. The Hall–Kier alpha value is -1.15. The van der Waals surface area contributed by atoms with Gasteiger partial charge in [-0.2, -0.15) is 7.11 Å². The Morgan fingerprint density at radius 1 is 1.44 bits per heavy atom. The minimum absolute atomic E-state index is 0. The minimum atomic E-state index is -0.971. The molecule has 1 N–H and O–H groups in total. The molecule has 0 aliphatic carbocycles. The van der Waals surface area contributed by atoms with Crippen LogP contribution in [0, 0.1) is 0 Å². The van der Waals surface area contributed by atoms with Gasteiger partial charge < -0.3 is 14.6 Å². The maximum atomic E-state index is 11.3. The summed E-state index contributed by atoms with van der Waals surface area (Å²) in [6.45, 7) is 0. The van der Waals surface area contributed by atoms with Gasteiger partial charge in [0.1, 0.15) is 0 Å². The number of aromatic nitrogens is 1. The molecule has 1 aliphatic heterocycles. The average molecular weight is 262 g/mol. The third kappa shape index (κ3) is 3.67. The average Bonchev–Trinajstić information content (AvgIpc) is 2.71. The third-order valence-corrected chi connectivity index (χ3v) is 1.96. The zero-order chi connectivity index (χ0) is 12.8. The predicted molar refractivity (Wildman–Crippen MR) is 54.1 cm³/mol. The topological polar surface area (TPSA) is 101 Å². The molecule has 1 saturated heterocycles. The number of nitrogens with one attached hydrogen (secondary N) is 1. The molecule has 0 saturated carbocycles. The summed E-state index contributed by atoms with van der Waals surface area (Å²) in [6, 6.07) is 3.26. The SMILES string of the molecule is COc1ncccc1C1OC(=O)NC1=O.C[O-].[Na+]. The van der Waals surface area contributed by atoms with E-state index in [1.165, 1.54) is 13.3 Å². The van der Waals surface area contributed by atoms with E-state index in [1.54, 1.807) is 12.1 Å². The summed E-state index contributed by atoms with van der Waals surface area (Å²) in [5, 5.41) is 10.3. The largest absolute Gasteiger partial charge is 1.00 e. The molecule has 1 atom stereocenters. The van der Waals surface area contributed by atoms with Gasteiger partial charge in [0, 0.05) is 6.20 Å². The first-order chi connectivity index (χ1) is 8.22. The number of amides is 2. The van der Waals surface area contributed by atoms with Crippen molar-refractivity contribution in [3.8, 4) is 5.88 Å². The summed E-state index contributed by atoms with van der Waals surface area (Å²) in [7, 11) is 2.18. The van der Waals surface area contributed by atoms with Crippen LogP contribution >= 0.6 is 0 Å². The number of alkyl carbamates (subject to hydrolysis) is 1. The van der Waals surface area contributed by atoms with Crippen LogP contribution in [0.4, 0.5) is 4.79 Å². The molecule has 1 aromatic heterocycles. The smallest absolute Gasteiger partial charge is 0.857 e. The monoisotopic (exact) mass is 262 g/mol. The van der Waals surface area contributed by atoms with Crippen LogP contribution in [-0.2, 0) is 9.53 Å². The van der Waals surface area contributed by atoms with Crippen molar-refractivity contribution in [2.75, 3.05) is 14.2 Å². The second-order valence-corrected chi connectivity index (χ2v) is 2.88. The molecule has 1 aromatic rings. The number of carbonyl (C=O) groups excluding carboxylic acids is 2. The maximum Gasteiger partial charge on any atom is 1.00 e. The van der Waals surface area contributed by atoms with Gasteiger partial charge in [0.15, 0.2) is 0 Å². The fourth-order valence-electron chi connectivity index (χ4n) is 1.33. The van der Waals surface area contributed by atoms with Crippen LogP contribution < -0.4 is 44.7 Å². The molecule has 7 nitrogen and oxygen atoms in total. The van der Waals surface area contributed by atoms with Crippen LogP contribution in [-0.4, -0.2) is 31.2 Å². The summed E-state index contributed by atoms with van der Waals surface area (Å²) in [6.07, 6.45) is -0.200. The van der Waals surface area contributed by atoms with E-state index in [0.717, 1.165) is 7.11 Å². The van der Waals surface area contributed by atoms with Crippen molar-refractivity contribution in [1.29, 1.82) is 0 Å². The molecule has 1 aliphatic rings. The molecule has 18 heavy (non-hydrogen) atoms. The van der Waals surface area contributed by atoms with Crippen LogP contribution in [0.3, 0.4) is 0 Å². The van der Waals surface area contributed by atoms with Crippen molar-refractivity contribution in [3.05, 3.63) is 23.9 Å². The summed E-state index contributed by atoms with van der Waals surface area (Å²) in [5.74, 6) is -0.237. The normalized spacial score (nSPS) is 16.7. The molecule has 1 unspecified atom stereocenters. The molecule has 0 aromatic carbocycles. The van der Waals surface area contributed by atoms with Gasteiger partial charge in [-0.3, -0.25) is 10.1 Å². The molecule has 0 radical (unpaired) electrons. The number of nitrogens with zero attached hydrogens (tertiary/aromatic N) is 1. The molecule has 0 bridgehead atoms. The number of ether oxygens (including phenoxy) is 2. The van der Waals surface area contributed by atoms with E-state index >= 15 is 0 Å². The van der Waals surface area contributed by atoms with E-state index in [4.69, 9.17) is 14.6 Å². The van der Waals surface area contributed by atoms with E-state index in [2.05, 4.69) is 4.98 Å². The summed E-state index contributed by atoms with van der Waals surface area (Å²) >= 11 is 0. The van der Waals surface area contributed by atoms with Crippen LogP contribution in [0.25, 0.3) is 0 Å². The van der Waals surface area contributed by atoms with Crippen LogP contribution in [0.15, 0.2) is 18.3 Å². The molecule has 92 valence electrons. The fraction of sp³-hybridized carbons (Fsp3) is 0.300. The molecule has 0 spiro atoms. The molecule has 8 heteroatoms. The zero-order valence-electron chi connectivity index (χ0n) is 10.3. The van der Waals surface area contributed by atoms with Crippen LogP contribution in [0.5, 0.6) is 5.88 Å². The molecule has 2 rings (SSSR count). The van der Waals surface area contributed by atoms with Crippen LogP contribution in [0.1, 0.15) is 11.7 Å². The van der Waals surface area contributed by atoms with Gasteiger partial charge in [-0.25, -0.2) is 9.78 Å². The zero-order valence-corrected chi connectivity index (χ0v) is 12.3. The summed E-state index contributed by atoms with van der Waals surface area (Å²) < 4.78 is 9.74. The van der Waals surface area contributed by atoms with Gasteiger partial charge in [0.05, 0.1) is 12.7 Å². The van der Waals surface area contributed by atoms with E-state index in [9.17, 15) is 9.59 Å². The summed E-state index contributed by atoms with van der Waals surface area (Å²) in [5.41, 5.74) is 0.434. The number of carbonyl (C=O) groups is 2. The van der Waals surface area contributed by atoms with Crippen molar-refractivity contribution >= 4 is 12.0 Å². The fourth-order valence-corrected chi connectivity index (χ4v) is 1.33. The van der Waals surface area contributed by atoms with Crippen molar-refractivity contribution in [2.24, 2.45) is 0 Å². The number of rotatable bonds is 2. The van der Waals surface area contributed by atoms with E-state index in [-0.39, 0.29) is 35.4 Å². The number of hydrogen-bond donors (Lipinski definition) is 1. The Balaban J connectivity index is 0.000000917. The van der Waals surface area contributed by atoms with Crippen LogP contribution in [0.2, 0.25) is 0 Å². The van der Waals surface area contributed by atoms with Crippen molar-refractivity contribution in [2.45, 2.75) is 6.10 Å². The maximum absolute atomic E-state index is 11.3. The quantitative estimate of drug-likeness (QED) is 0.552. The van der Waals surface area contributed by atoms with E-state index < -0.39 is 18.1 Å². The Labute approximate surface area is 126 Å². The number of pyridine rings is 1. The van der Waals surface area contributed by atoms with Crippen molar-refractivity contribution in [3.63, 3.8) is 0 Å². The predicted octanol–water partition coefficient (Wildman–Crippen LogP) is -3.62. The van der Waals surface area contributed by atoms with Crippen molar-refractivity contribution < 1.29 is 53.7 Å². The molecular weight excluding hydrogens is 251 g/mol. The first-order valence-electron chi connectivity index (χ1n) is 4.63. The van der Waals surface area contributed by atoms with Gasteiger partial charge >= 0.3 is 35.7 Å². The second-order valence-electron chi connectivity index (χ2n) is 2.88. The van der Waals surface area contributed by atoms with Gasteiger partial charge in [-0.1, -0.05) is 0 Å². The van der Waals surface area contributed by atoms with Gasteiger partial charge in [0.2, 0.25) is 12.0 Å². The number of methoxy groups -OCH3 is 1. The standard InChI is InChI=1S/C9H8N2O4.CH3O.Na/c1-14-8-5(3-2-4-10-8)6-7(12)11-9(13)15-6;1-2;/h2-4,6H,1H3,(H,11,12,13);1H3;/q;-1;+1. The number of imide groups is 1. The van der Waals surface area contributed by atoms with E-state index in [0.29, 0.717) is 5.56 Å². The molecule has 2 heterocycles. The minimum Gasteiger partial charge on any atom is -0.857 e. The second kappa shape index (κ2) is 8.04. The molecular formula is C10H11N2NaO5. The number of cyclic esters (lactones) is 1. The summed E-state index contributed by atoms with van der Waals surface area (Å²) in [4.78, 5) is 26.0. The van der Waals surface area contributed by atoms with Gasteiger partial charge in [-0.15, -0.1) is 0 Å². The molecule has 1 fully saturated rings. The molecule has 2 amide bonds. The van der Waals surface area contributed by atoms with Gasteiger partial charge in [0.25, 0.3) is 5.91 Å². The Kier molecular flexibility index (Phi) is 7.53. The van der Waals surface area contributed by atoms with Gasteiger partial charge in [-0.05, 0) is 12.1 Å². The number of hydrogen-bond acceptors (Lipinski definition) is 6.